The first kappa shape index (κ1) is 14.6. The lowest BCUT2D eigenvalue weighted by molar-refractivity contribution is 0.130. The lowest BCUT2D eigenvalue weighted by atomic mass is 10.1. The zero-order valence-corrected chi connectivity index (χ0v) is 11.9. The van der Waals surface area contributed by atoms with Gasteiger partial charge in [0.05, 0.1) is 0 Å². The third-order valence-electron chi connectivity index (χ3n) is 3.30. The van der Waals surface area contributed by atoms with Crippen molar-refractivity contribution in [3.05, 3.63) is 65.7 Å². The van der Waals surface area contributed by atoms with E-state index in [-0.39, 0.29) is 0 Å². The summed E-state index contributed by atoms with van der Waals surface area (Å²) in [5.41, 5.74) is 9.27. The Morgan fingerprint density at radius 1 is 0.750 bits per heavy atom. The number of nitrogens with two attached hydrogens (primary N) is 1. The van der Waals surface area contributed by atoms with Crippen molar-refractivity contribution in [2.45, 2.75) is 25.7 Å². The summed E-state index contributed by atoms with van der Waals surface area (Å²) < 4.78 is 5.68. The first-order valence-corrected chi connectivity index (χ1v) is 7.31. The molecule has 2 aromatic rings. The van der Waals surface area contributed by atoms with Crippen LogP contribution in [0.3, 0.4) is 0 Å². The normalized spacial score (nSPS) is 10.6. The summed E-state index contributed by atoms with van der Waals surface area (Å²) in [5.74, 6) is 0. The van der Waals surface area contributed by atoms with Crippen molar-refractivity contribution in [2.75, 3.05) is 18.9 Å². The van der Waals surface area contributed by atoms with E-state index in [2.05, 4.69) is 36.4 Å². The van der Waals surface area contributed by atoms with Gasteiger partial charge in [-0.2, -0.15) is 0 Å². The van der Waals surface area contributed by atoms with E-state index in [1.807, 2.05) is 18.2 Å². The van der Waals surface area contributed by atoms with Crippen molar-refractivity contribution in [3.63, 3.8) is 0 Å². The number of nitrogen functional groups attached to an aromatic ring is 1. The Balaban J connectivity index is 1.52. The van der Waals surface area contributed by atoms with E-state index in [9.17, 15) is 0 Å². The fourth-order valence-electron chi connectivity index (χ4n) is 2.25. The van der Waals surface area contributed by atoms with Crippen LogP contribution in [0.5, 0.6) is 0 Å². The van der Waals surface area contributed by atoms with Crippen LogP contribution in [0.15, 0.2) is 54.6 Å². The Morgan fingerprint density at radius 3 is 2.10 bits per heavy atom. The summed E-state index contributed by atoms with van der Waals surface area (Å²) in [6, 6.07) is 18.6. The highest BCUT2D eigenvalue weighted by atomic mass is 16.5. The van der Waals surface area contributed by atoms with Gasteiger partial charge in [-0.25, -0.2) is 0 Å². The van der Waals surface area contributed by atoms with Crippen LogP contribution in [0.4, 0.5) is 5.69 Å². The van der Waals surface area contributed by atoms with Crippen LogP contribution in [0.25, 0.3) is 0 Å². The Bertz CT molecular complexity index is 496. The van der Waals surface area contributed by atoms with Crippen molar-refractivity contribution in [1.82, 2.24) is 0 Å². The van der Waals surface area contributed by atoms with Gasteiger partial charge in [-0.1, -0.05) is 42.5 Å². The lowest BCUT2D eigenvalue weighted by Gasteiger charge is -2.05. The molecule has 0 aromatic heterocycles. The van der Waals surface area contributed by atoms with Crippen LogP contribution in [-0.2, 0) is 17.6 Å². The average molecular weight is 269 g/mol. The third-order valence-corrected chi connectivity index (χ3v) is 3.30. The molecule has 0 saturated heterocycles. The van der Waals surface area contributed by atoms with Gasteiger partial charge in [0.2, 0.25) is 0 Å². The topological polar surface area (TPSA) is 35.2 Å². The zero-order valence-electron chi connectivity index (χ0n) is 11.9. The number of rotatable bonds is 8. The summed E-state index contributed by atoms with van der Waals surface area (Å²) in [5, 5.41) is 0. The van der Waals surface area contributed by atoms with Crippen LogP contribution >= 0.6 is 0 Å². The number of benzene rings is 2. The molecule has 0 atom stereocenters. The standard InChI is InChI=1S/C18H23NO/c19-18-12-4-9-17(15-18)11-6-14-20-13-5-10-16-7-2-1-3-8-16/h1-4,7-9,12,15H,5-6,10-11,13-14,19H2. The van der Waals surface area contributed by atoms with E-state index in [0.717, 1.165) is 44.6 Å². The highest BCUT2D eigenvalue weighted by Gasteiger charge is 1.96. The van der Waals surface area contributed by atoms with Gasteiger partial charge in [0.15, 0.2) is 0 Å². The molecule has 0 amide bonds. The maximum atomic E-state index is 5.75. The summed E-state index contributed by atoms with van der Waals surface area (Å²) in [4.78, 5) is 0. The molecule has 0 radical (unpaired) electrons. The first-order chi connectivity index (χ1) is 9.84. The number of anilines is 1. The maximum Gasteiger partial charge on any atom is 0.0469 e. The van der Waals surface area contributed by atoms with E-state index in [0.29, 0.717) is 0 Å². The monoisotopic (exact) mass is 269 g/mol. The lowest BCUT2D eigenvalue weighted by Crippen LogP contribution is -2.00. The molecule has 0 unspecified atom stereocenters. The SMILES string of the molecule is Nc1cccc(CCCOCCCc2ccccc2)c1. The van der Waals surface area contributed by atoms with Gasteiger partial charge < -0.3 is 10.5 Å². The molecule has 2 nitrogen and oxygen atoms in total. The molecular weight excluding hydrogens is 246 g/mol. The maximum absolute atomic E-state index is 5.75. The molecule has 0 spiro atoms. The molecule has 0 heterocycles. The molecule has 20 heavy (non-hydrogen) atoms. The molecule has 0 bridgehead atoms. The minimum Gasteiger partial charge on any atom is -0.399 e. The molecule has 0 aliphatic rings. The summed E-state index contributed by atoms with van der Waals surface area (Å²) >= 11 is 0. The Labute approximate surface area is 121 Å². The van der Waals surface area contributed by atoms with Crippen molar-refractivity contribution in [3.8, 4) is 0 Å². The van der Waals surface area contributed by atoms with Crippen LogP contribution in [0.2, 0.25) is 0 Å². The molecule has 0 saturated carbocycles. The Hall–Kier alpha value is -1.80. The van der Waals surface area contributed by atoms with Crippen LogP contribution < -0.4 is 5.73 Å². The molecule has 2 N–H and O–H groups in total. The molecule has 0 fully saturated rings. The van der Waals surface area contributed by atoms with Gasteiger partial charge in [0.25, 0.3) is 0 Å². The fraction of sp³-hybridized carbons (Fsp3) is 0.333. The summed E-state index contributed by atoms with van der Waals surface area (Å²) in [7, 11) is 0. The van der Waals surface area contributed by atoms with Crippen molar-refractivity contribution < 1.29 is 4.74 Å². The Kier molecular flexibility index (Phi) is 6.12. The third kappa shape index (κ3) is 5.45. The smallest absolute Gasteiger partial charge is 0.0469 e. The second-order valence-electron chi connectivity index (χ2n) is 5.05. The molecule has 2 heteroatoms. The van der Waals surface area contributed by atoms with Crippen LogP contribution in [-0.4, -0.2) is 13.2 Å². The molecule has 106 valence electrons. The second kappa shape index (κ2) is 8.39. The zero-order chi connectivity index (χ0) is 14.0. The van der Waals surface area contributed by atoms with E-state index in [1.54, 1.807) is 0 Å². The fourth-order valence-corrected chi connectivity index (χ4v) is 2.25. The van der Waals surface area contributed by atoms with E-state index in [4.69, 9.17) is 10.5 Å². The molecule has 2 rings (SSSR count). The predicted octanol–water partition coefficient (Wildman–Crippen LogP) is 3.85. The summed E-state index contributed by atoms with van der Waals surface area (Å²) in [6.07, 6.45) is 4.26. The highest BCUT2D eigenvalue weighted by molar-refractivity contribution is 5.40. The van der Waals surface area contributed by atoms with Crippen LogP contribution in [0, 0.1) is 0 Å². The minimum absolute atomic E-state index is 0.823. The molecular formula is C18H23NO. The number of hydrogen-bond donors (Lipinski definition) is 1. The molecule has 0 aliphatic heterocycles. The largest absolute Gasteiger partial charge is 0.399 e. The molecule has 2 aromatic carbocycles. The first-order valence-electron chi connectivity index (χ1n) is 7.31. The van der Waals surface area contributed by atoms with Crippen molar-refractivity contribution >= 4 is 5.69 Å². The second-order valence-corrected chi connectivity index (χ2v) is 5.05. The number of hydrogen-bond acceptors (Lipinski definition) is 2. The van der Waals surface area contributed by atoms with Gasteiger partial charge in [0.1, 0.15) is 0 Å². The van der Waals surface area contributed by atoms with Crippen LogP contribution in [0.1, 0.15) is 24.0 Å². The minimum atomic E-state index is 0.823. The van der Waals surface area contributed by atoms with E-state index in [1.165, 1.54) is 11.1 Å². The van der Waals surface area contributed by atoms with E-state index < -0.39 is 0 Å². The van der Waals surface area contributed by atoms with Gasteiger partial charge in [-0.3, -0.25) is 0 Å². The predicted molar refractivity (Wildman–Crippen MR) is 84.8 cm³/mol. The van der Waals surface area contributed by atoms with Crippen molar-refractivity contribution in [1.29, 1.82) is 0 Å². The quantitative estimate of drug-likeness (QED) is 0.583. The summed E-state index contributed by atoms with van der Waals surface area (Å²) in [6.45, 7) is 1.66. The number of ether oxygens (including phenoxy) is 1. The van der Waals surface area contributed by atoms with E-state index >= 15 is 0 Å². The van der Waals surface area contributed by atoms with Gasteiger partial charge >= 0.3 is 0 Å². The average Bonchev–Trinajstić information content (AvgIpc) is 2.47. The van der Waals surface area contributed by atoms with Gasteiger partial charge in [0, 0.05) is 18.9 Å². The van der Waals surface area contributed by atoms with Gasteiger partial charge in [-0.15, -0.1) is 0 Å². The molecule has 0 aliphatic carbocycles. The van der Waals surface area contributed by atoms with Crippen molar-refractivity contribution in [2.24, 2.45) is 0 Å². The number of aryl methyl sites for hydroxylation is 2. The highest BCUT2D eigenvalue weighted by Crippen LogP contribution is 2.09. The Morgan fingerprint density at radius 2 is 1.40 bits per heavy atom. The van der Waals surface area contributed by atoms with Gasteiger partial charge in [-0.05, 0) is 48.9 Å².